The van der Waals surface area contributed by atoms with Crippen molar-refractivity contribution < 1.29 is 0 Å². The van der Waals surface area contributed by atoms with E-state index in [0.29, 0.717) is 6.04 Å². The van der Waals surface area contributed by atoms with E-state index in [1.54, 1.807) is 0 Å². The largest absolute Gasteiger partial charge is 0.381 e. The molecule has 1 N–H and O–H groups in total. The first-order valence-electron chi connectivity index (χ1n) is 7.34. The van der Waals surface area contributed by atoms with Crippen molar-refractivity contribution >= 4 is 17.3 Å². The molecule has 2 heteroatoms. The fourth-order valence-corrected chi connectivity index (χ4v) is 5.20. The van der Waals surface area contributed by atoms with Gasteiger partial charge >= 0.3 is 0 Å². The highest BCUT2D eigenvalue weighted by Gasteiger charge is 2.53. The second kappa shape index (κ2) is 4.16. The summed E-state index contributed by atoms with van der Waals surface area (Å²) in [6.07, 6.45) is 7.30. The first-order valence-corrected chi connectivity index (χ1v) is 7.72. The summed E-state index contributed by atoms with van der Waals surface area (Å²) in [6.45, 7) is 0. The predicted octanol–water partition coefficient (Wildman–Crippen LogP) is 4.58. The van der Waals surface area contributed by atoms with E-state index in [-0.39, 0.29) is 0 Å². The van der Waals surface area contributed by atoms with Gasteiger partial charge < -0.3 is 5.32 Å². The van der Waals surface area contributed by atoms with Crippen LogP contribution in [0.25, 0.3) is 0 Å². The number of hydrogen-bond acceptors (Lipinski definition) is 1. The highest BCUT2D eigenvalue weighted by Crippen LogP contribution is 2.59. The predicted molar refractivity (Wildman–Crippen MR) is 75.9 cm³/mol. The summed E-state index contributed by atoms with van der Waals surface area (Å²) in [5.41, 5.74) is 1.13. The van der Waals surface area contributed by atoms with E-state index in [1.165, 1.54) is 32.1 Å². The van der Waals surface area contributed by atoms with Gasteiger partial charge in [-0.2, -0.15) is 0 Å². The maximum Gasteiger partial charge on any atom is 0.0637 e. The van der Waals surface area contributed by atoms with Crippen molar-refractivity contribution in [2.45, 2.75) is 38.1 Å². The summed E-state index contributed by atoms with van der Waals surface area (Å²) in [5.74, 6) is 4.00. The molecule has 96 valence electrons. The molecule has 0 saturated heterocycles. The number of fused-ring (bicyclic) bond motifs is 5. The third-order valence-electron chi connectivity index (χ3n) is 5.64. The number of hydrogen-bond donors (Lipinski definition) is 1. The van der Waals surface area contributed by atoms with Gasteiger partial charge in [-0.1, -0.05) is 30.2 Å². The van der Waals surface area contributed by atoms with Gasteiger partial charge in [0.05, 0.1) is 10.7 Å². The Kier molecular flexibility index (Phi) is 2.58. The van der Waals surface area contributed by atoms with Crippen LogP contribution in [0.3, 0.4) is 0 Å². The van der Waals surface area contributed by atoms with Gasteiger partial charge in [0, 0.05) is 6.04 Å². The summed E-state index contributed by atoms with van der Waals surface area (Å²) in [6, 6.07) is 8.84. The molecule has 5 unspecified atom stereocenters. The molecule has 2 bridgehead atoms. The first kappa shape index (κ1) is 11.2. The van der Waals surface area contributed by atoms with Crippen LogP contribution in [0.4, 0.5) is 5.69 Å². The SMILES string of the molecule is Clc1ccccc1NC1CC2CC1C1CCCC21. The molecule has 1 aromatic carbocycles. The fourth-order valence-electron chi connectivity index (χ4n) is 5.01. The Labute approximate surface area is 114 Å². The lowest BCUT2D eigenvalue weighted by Crippen LogP contribution is -2.33. The lowest BCUT2D eigenvalue weighted by Gasteiger charge is -2.32. The van der Waals surface area contributed by atoms with Crippen molar-refractivity contribution in [3.8, 4) is 0 Å². The quantitative estimate of drug-likeness (QED) is 0.822. The van der Waals surface area contributed by atoms with Gasteiger partial charge in [-0.05, 0) is 61.5 Å². The third kappa shape index (κ3) is 1.60. The molecule has 0 amide bonds. The summed E-state index contributed by atoms with van der Waals surface area (Å²) in [4.78, 5) is 0. The molecule has 4 rings (SSSR count). The van der Waals surface area contributed by atoms with Crippen LogP contribution in [0.5, 0.6) is 0 Å². The molecule has 3 aliphatic rings. The number of para-hydroxylation sites is 1. The van der Waals surface area contributed by atoms with E-state index >= 15 is 0 Å². The topological polar surface area (TPSA) is 12.0 Å². The summed E-state index contributed by atoms with van der Waals surface area (Å²) in [5, 5.41) is 4.59. The Balaban J connectivity index is 1.53. The second-order valence-electron chi connectivity index (χ2n) is 6.38. The van der Waals surface area contributed by atoms with Crippen molar-refractivity contribution in [2.24, 2.45) is 23.7 Å². The van der Waals surface area contributed by atoms with E-state index in [1.807, 2.05) is 12.1 Å². The zero-order valence-electron chi connectivity index (χ0n) is 10.6. The van der Waals surface area contributed by atoms with Crippen LogP contribution in [-0.4, -0.2) is 6.04 Å². The van der Waals surface area contributed by atoms with Gasteiger partial charge in [-0.3, -0.25) is 0 Å². The molecule has 0 heterocycles. The van der Waals surface area contributed by atoms with Gasteiger partial charge in [0.15, 0.2) is 0 Å². The summed E-state index contributed by atoms with van der Waals surface area (Å²) in [7, 11) is 0. The lowest BCUT2D eigenvalue weighted by molar-refractivity contribution is 0.243. The van der Waals surface area contributed by atoms with Crippen LogP contribution < -0.4 is 5.32 Å². The van der Waals surface area contributed by atoms with Crippen LogP contribution in [-0.2, 0) is 0 Å². The molecule has 18 heavy (non-hydrogen) atoms. The van der Waals surface area contributed by atoms with E-state index < -0.39 is 0 Å². The van der Waals surface area contributed by atoms with E-state index in [2.05, 4.69) is 17.4 Å². The van der Waals surface area contributed by atoms with Crippen molar-refractivity contribution in [3.05, 3.63) is 29.3 Å². The molecule has 1 aromatic rings. The van der Waals surface area contributed by atoms with Crippen LogP contribution in [0.1, 0.15) is 32.1 Å². The number of benzene rings is 1. The zero-order valence-corrected chi connectivity index (χ0v) is 11.4. The number of rotatable bonds is 2. The zero-order chi connectivity index (χ0) is 12.1. The van der Waals surface area contributed by atoms with Crippen molar-refractivity contribution in [2.75, 3.05) is 5.32 Å². The van der Waals surface area contributed by atoms with Gasteiger partial charge in [0.1, 0.15) is 0 Å². The third-order valence-corrected chi connectivity index (χ3v) is 5.97. The average molecular weight is 262 g/mol. The molecule has 5 atom stereocenters. The Bertz CT molecular complexity index is 458. The number of nitrogens with one attached hydrogen (secondary N) is 1. The second-order valence-corrected chi connectivity index (χ2v) is 6.79. The van der Waals surface area contributed by atoms with E-state index in [0.717, 1.165) is 34.4 Å². The van der Waals surface area contributed by atoms with Crippen LogP contribution >= 0.6 is 11.6 Å². The normalized spacial score (nSPS) is 41.1. The molecule has 3 saturated carbocycles. The van der Waals surface area contributed by atoms with E-state index in [9.17, 15) is 0 Å². The Morgan fingerprint density at radius 3 is 2.72 bits per heavy atom. The molecule has 1 nitrogen and oxygen atoms in total. The molecule has 0 aliphatic heterocycles. The van der Waals surface area contributed by atoms with Crippen LogP contribution in [0.2, 0.25) is 5.02 Å². The lowest BCUT2D eigenvalue weighted by atomic mass is 9.79. The van der Waals surface area contributed by atoms with E-state index in [4.69, 9.17) is 11.6 Å². The molecule has 3 fully saturated rings. The Hall–Kier alpha value is -0.690. The molecular weight excluding hydrogens is 242 g/mol. The smallest absolute Gasteiger partial charge is 0.0637 e. The minimum atomic E-state index is 0.675. The highest BCUT2D eigenvalue weighted by atomic mass is 35.5. The average Bonchev–Trinajstić information content (AvgIpc) is 3.03. The van der Waals surface area contributed by atoms with Gasteiger partial charge in [-0.25, -0.2) is 0 Å². The maximum absolute atomic E-state index is 6.25. The molecule has 0 aromatic heterocycles. The van der Waals surface area contributed by atoms with Gasteiger partial charge in [0.2, 0.25) is 0 Å². The molecule has 0 radical (unpaired) electrons. The van der Waals surface area contributed by atoms with Crippen molar-refractivity contribution in [1.82, 2.24) is 0 Å². The maximum atomic E-state index is 6.25. The van der Waals surface area contributed by atoms with Crippen LogP contribution in [0.15, 0.2) is 24.3 Å². The Morgan fingerprint density at radius 1 is 1.00 bits per heavy atom. The molecular formula is C16H20ClN. The minimum Gasteiger partial charge on any atom is -0.381 e. The summed E-state index contributed by atoms with van der Waals surface area (Å²) >= 11 is 6.25. The summed E-state index contributed by atoms with van der Waals surface area (Å²) < 4.78 is 0. The fraction of sp³-hybridized carbons (Fsp3) is 0.625. The monoisotopic (exact) mass is 261 g/mol. The minimum absolute atomic E-state index is 0.675. The number of anilines is 1. The van der Waals surface area contributed by atoms with Crippen molar-refractivity contribution in [3.63, 3.8) is 0 Å². The molecule has 3 aliphatic carbocycles. The van der Waals surface area contributed by atoms with Crippen LogP contribution in [0, 0.1) is 23.7 Å². The Morgan fingerprint density at radius 2 is 1.83 bits per heavy atom. The number of halogens is 1. The van der Waals surface area contributed by atoms with Gasteiger partial charge in [0.25, 0.3) is 0 Å². The van der Waals surface area contributed by atoms with Gasteiger partial charge in [-0.15, -0.1) is 0 Å². The highest BCUT2D eigenvalue weighted by molar-refractivity contribution is 6.33. The van der Waals surface area contributed by atoms with Crippen molar-refractivity contribution in [1.29, 1.82) is 0 Å². The standard InChI is InChI=1S/C16H20ClN/c17-14-6-1-2-7-15(14)18-16-9-10-8-13(16)12-5-3-4-11(10)12/h1-2,6-7,10-13,16,18H,3-5,8-9H2. The molecule has 0 spiro atoms. The first-order chi connectivity index (χ1) is 8.83.